The highest BCUT2D eigenvalue weighted by Gasteiger charge is 2.36. The van der Waals surface area contributed by atoms with E-state index in [0.29, 0.717) is 11.3 Å². The van der Waals surface area contributed by atoms with Crippen molar-refractivity contribution >= 4 is 16.9 Å². The Morgan fingerprint density at radius 3 is 2.47 bits per heavy atom. The van der Waals surface area contributed by atoms with E-state index in [4.69, 9.17) is 13.9 Å². The summed E-state index contributed by atoms with van der Waals surface area (Å²) in [5.74, 6) is -6.58. The molecule has 34 heavy (non-hydrogen) atoms. The molecule has 2 heterocycles. The number of halogens is 3. The highest BCUT2D eigenvalue weighted by molar-refractivity contribution is 5.94. The minimum absolute atomic E-state index is 0.0655. The lowest BCUT2D eigenvalue weighted by Crippen LogP contribution is -2.23. The van der Waals surface area contributed by atoms with E-state index in [2.05, 4.69) is 0 Å². The van der Waals surface area contributed by atoms with Gasteiger partial charge in [0.15, 0.2) is 17.5 Å². The number of esters is 1. The number of phenols is 1. The molecule has 0 bridgehead atoms. The molecular weight excluding hydrogens is 453 g/mol. The standard InChI is InChI=1S/C25H15F3O6/c1-32-12-4-2-11(3-5-12)15-10-33-25-20-14(13-6-7-16(26)23(28)22(13)27)8-19(30)34-18(20)9-17(29)21(25)24(15)31/h2-7,9-10,14,29H,8H2,1H3. The van der Waals surface area contributed by atoms with Crippen LogP contribution in [-0.4, -0.2) is 18.2 Å². The SMILES string of the molecule is COc1ccc(-c2coc3c4c(cc(O)c3c2=O)OC(=O)CC4c2ccc(F)c(F)c2F)cc1. The molecule has 0 saturated heterocycles. The highest BCUT2D eigenvalue weighted by Crippen LogP contribution is 2.46. The van der Waals surface area contributed by atoms with Gasteiger partial charge in [-0.25, -0.2) is 13.2 Å². The van der Waals surface area contributed by atoms with E-state index >= 15 is 0 Å². The largest absolute Gasteiger partial charge is 0.507 e. The third-order valence-electron chi connectivity index (χ3n) is 5.81. The predicted molar refractivity (Wildman–Crippen MR) is 115 cm³/mol. The van der Waals surface area contributed by atoms with Gasteiger partial charge in [0, 0.05) is 17.5 Å². The predicted octanol–water partition coefficient (Wildman–Crippen LogP) is 5.03. The Morgan fingerprint density at radius 1 is 1.03 bits per heavy atom. The van der Waals surface area contributed by atoms with Crippen LogP contribution >= 0.6 is 0 Å². The van der Waals surface area contributed by atoms with Crippen molar-refractivity contribution in [2.45, 2.75) is 12.3 Å². The van der Waals surface area contributed by atoms with Crippen molar-refractivity contribution in [2.24, 2.45) is 0 Å². The number of carbonyl (C=O) groups excluding carboxylic acids is 1. The lowest BCUT2D eigenvalue weighted by atomic mass is 9.84. The van der Waals surface area contributed by atoms with E-state index in [-0.39, 0.29) is 33.4 Å². The number of hydrogen-bond donors (Lipinski definition) is 1. The van der Waals surface area contributed by atoms with Crippen LogP contribution in [0, 0.1) is 17.5 Å². The summed E-state index contributed by atoms with van der Waals surface area (Å²) in [5.41, 5.74) is -0.370. The maximum absolute atomic E-state index is 14.7. The van der Waals surface area contributed by atoms with E-state index in [1.165, 1.54) is 13.4 Å². The number of ether oxygens (including phenoxy) is 2. The summed E-state index contributed by atoms with van der Waals surface area (Å²) < 4.78 is 58.1. The number of carbonyl (C=O) groups is 1. The van der Waals surface area contributed by atoms with Crippen molar-refractivity contribution in [1.29, 1.82) is 0 Å². The van der Waals surface area contributed by atoms with Crippen LogP contribution < -0.4 is 14.9 Å². The maximum Gasteiger partial charge on any atom is 0.312 e. The topological polar surface area (TPSA) is 86.0 Å². The first-order chi connectivity index (χ1) is 16.3. The normalized spacial score (nSPS) is 15.2. The second-order valence-electron chi connectivity index (χ2n) is 7.71. The lowest BCUT2D eigenvalue weighted by molar-refractivity contribution is -0.135. The summed E-state index contributed by atoms with van der Waals surface area (Å²) in [7, 11) is 1.50. The molecule has 172 valence electrons. The molecule has 1 aromatic heterocycles. The molecule has 1 aliphatic rings. The van der Waals surface area contributed by atoms with Gasteiger partial charge in [0.05, 0.1) is 19.1 Å². The van der Waals surface area contributed by atoms with E-state index in [9.17, 15) is 27.9 Å². The Kier molecular flexibility index (Phi) is 5.04. The van der Waals surface area contributed by atoms with Gasteiger partial charge in [-0.1, -0.05) is 18.2 Å². The number of methoxy groups -OCH3 is 1. The Labute approximate surface area is 189 Å². The van der Waals surface area contributed by atoms with Crippen molar-refractivity contribution in [3.63, 3.8) is 0 Å². The van der Waals surface area contributed by atoms with Crippen molar-refractivity contribution in [1.82, 2.24) is 0 Å². The summed E-state index contributed by atoms with van der Waals surface area (Å²) in [6.45, 7) is 0. The van der Waals surface area contributed by atoms with E-state index < -0.39 is 46.9 Å². The van der Waals surface area contributed by atoms with Gasteiger partial charge in [0.1, 0.15) is 34.5 Å². The van der Waals surface area contributed by atoms with Crippen LogP contribution in [0.2, 0.25) is 0 Å². The molecule has 0 aliphatic carbocycles. The Balaban J connectivity index is 1.76. The molecule has 0 amide bonds. The molecule has 5 rings (SSSR count). The first kappa shape index (κ1) is 21.6. The average Bonchev–Trinajstić information content (AvgIpc) is 2.82. The number of hydrogen-bond acceptors (Lipinski definition) is 6. The number of aromatic hydroxyl groups is 1. The van der Waals surface area contributed by atoms with Crippen molar-refractivity contribution in [2.75, 3.05) is 7.11 Å². The zero-order valence-electron chi connectivity index (χ0n) is 17.5. The van der Waals surface area contributed by atoms with Gasteiger partial charge in [-0.2, -0.15) is 0 Å². The smallest absolute Gasteiger partial charge is 0.312 e. The summed E-state index contributed by atoms with van der Waals surface area (Å²) in [6.07, 6.45) is 0.750. The second-order valence-corrected chi connectivity index (χ2v) is 7.71. The van der Waals surface area contributed by atoms with Gasteiger partial charge in [-0.05, 0) is 29.3 Å². The fourth-order valence-corrected chi connectivity index (χ4v) is 4.18. The average molecular weight is 468 g/mol. The molecule has 4 aromatic rings. The molecule has 0 radical (unpaired) electrons. The van der Waals surface area contributed by atoms with Crippen LogP contribution in [0.15, 0.2) is 57.9 Å². The van der Waals surface area contributed by atoms with Crippen molar-refractivity contribution < 1.29 is 37.0 Å². The second kappa shape index (κ2) is 7.95. The summed E-state index contributed by atoms with van der Waals surface area (Å²) >= 11 is 0. The molecule has 0 saturated carbocycles. The van der Waals surface area contributed by atoms with Crippen LogP contribution in [-0.2, 0) is 4.79 Å². The fourth-order valence-electron chi connectivity index (χ4n) is 4.18. The van der Waals surface area contributed by atoms with Gasteiger partial charge >= 0.3 is 5.97 Å². The van der Waals surface area contributed by atoms with Gasteiger partial charge in [0.2, 0.25) is 5.43 Å². The zero-order chi connectivity index (χ0) is 24.1. The molecule has 0 fully saturated rings. The summed E-state index contributed by atoms with van der Waals surface area (Å²) in [5, 5.41) is 10.4. The molecule has 6 nitrogen and oxygen atoms in total. The molecule has 0 spiro atoms. The van der Waals surface area contributed by atoms with E-state index in [1.807, 2.05) is 0 Å². The monoisotopic (exact) mass is 468 g/mol. The van der Waals surface area contributed by atoms with Crippen LogP contribution in [0.4, 0.5) is 13.2 Å². The van der Waals surface area contributed by atoms with Gasteiger partial charge < -0.3 is 19.0 Å². The first-order valence-corrected chi connectivity index (χ1v) is 10.1. The summed E-state index contributed by atoms with van der Waals surface area (Å²) in [6, 6.07) is 9.37. The molecule has 1 unspecified atom stereocenters. The van der Waals surface area contributed by atoms with E-state index in [0.717, 1.165) is 18.2 Å². The molecular formula is C25H15F3O6. The first-order valence-electron chi connectivity index (χ1n) is 10.1. The minimum atomic E-state index is -1.69. The van der Waals surface area contributed by atoms with Crippen molar-refractivity contribution in [3.8, 4) is 28.4 Å². The third-order valence-corrected chi connectivity index (χ3v) is 5.81. The molecule has 9 heteroatoms. The van der Waals surface area contributed by atoms with Crippen molar-refractivity contribution in [3.05, 3.63) is 87.5 Å². The summed E-state index contributed by atoms with van der Waals surface area (Å²) in [4.78, 5) is 25.5. The zero-order valence-corrected chi connectivity index (χ0v) is 17.5. The lowest BCUT2D eigenvalue weighted by Gasteiger charge is -2.26. The maximum atomic E-state index is 14.7. The molecule has 1 N–H and O–H groups in total. The fraction of sp³-hybridized carbons (Fsp3) is 0.120. The molecule has 3 aromatic carbocycles. The molecule has 1 atom stereocenters. The minimum Gasteiger partial charge on any atom is -0.507 e. The van der Waals surface area contributed by atoms with Crippen LogP contribution in [0.1, 0.15) is 23.5 Å². The molecule has 1 aliphatic heterocycles. The number of phenolic OH excluding ortho intramolecular Hbond substituents is 1. The Bertz CT molecular complexity index is 1530. The number of fused-ring (bicyclic) bond motifs is 3. The van der Waals surface area contributed by atoms with E-state index in [1.54, 1.807) is 24.3 Å². The van der Waals surface area contributed by atoms with Gasteiger partial charge in [0.25, 0.3) is 0 Å². The van der Waals surface area contributed by atoms with Crippen LogP contribution in [0.5, 0.6) is 17.2 Å². The number of rotatable bonds is 3. The van der Waals surface area contributed by atoms with Crippen LogP contribution in [0.3, 0.4) is 0 Å². The third kappa shape index (κ3) is 3.28. The van der Waals surface area contributed by atoms with Crippen LogP contribution in [0.25, 0.3) is 22.1 Å². The number of benzene rings is 3. The Morgan fingerprint density at radius 2 is 1.76 bits per heavy atom. The Hall–Kier alpha value is -4.27. The highest BCUT2D eigenvalue weighted by atomic mass is 19.2. The van der Waals surface area contributed by atoms with Gasteiger partial charge in [-0.3, -0.25) is 9.59 Å². The quantitative estimate of drug-likeness (QED) is 0.258. The van der Waals surface area contributed by atoms with Gasteiger partial charge in [-0.15, -0.1) is 0 Å².